The Morgan fingerprint density at radius 2 is 1.85 bits per heavy atom. The Balaban J connectivity index is 2.03. The first-order valence-electron chi connectivity index (χ1n) is 6.23. The number of hydrogen-bond acceptors (Lipinski definition) is 4. The minimum Gasteiger partial charge on any atom is -0.267 e. The van der Waals surface area contributed by atoms with Crippen molar-refractivity contribution in [3.05, 3.63) is 54.1 Å². The molecule has 1 aromatic heterocycles. The van der Waals surface area contributed by atoms with Gasteiger partial charge in [-0.3, -0.25) is 4.72 Å². The largest absolute Gasteiger partial charge is 0.267 e. The maximum absolute atomic E-state index is 11.5. The number of sulfonamides is 1. The van der Waals surface area contributed by atoms with Crippen molar-refractivity contribution in [2.75, 3.05) is 10.5 Å². The summed E-state index contributed by atoms with van der Waals surface area (Å²) < 4.78 is 25.5. The second-order valence-electron chi connectivity index (χ2n) is 4.14. The van der Waals surface area contributed by atoms with Crippen molar-refractivity contribution in [1.29, 1.82) is 0 Å². The van der Waals surface area contributed by atoms with E-state index in [9.17, 15) is 8.42 Å². The molecule has 1 aromatic carbocycles. The van der Waals surface area contributed by atoms with Crippen LogP contribution in [-0.2, 0) is 15.8 Å². The maximum Gasteiger partial charge on any atom is 0.233 e. The zero-order valence-corrected chi connectivity index (χ0v) is 12.7. The number of nitrogens with zero attached hydrogens (tertiary/aromatic N) is 1. The van der Waals surface area contributed by atoms with Crippen LogP contribution < -0.4 is 4.72 Å². The minimum atomic E-state index is -3.28. The molecule has 0 saturated carbocycles. The first kappa shape index (κ1) is 14.9. The van der Waals surface area contributed by atoms with Crippen molar-refractivity contribution in [3.8, 4) is 0 Å². The van der Waals surface area contributed by atoms with Crippen LogP contribution in [0, 0.1) is 0 Å². The third kappa shape index (κ3) is 4.54. The Kier molecular flexibility index (Phi) is 5.03. The molecule has 20 heavy (non-hydrogen) atoms. The topological polar surface area (TPSA) is 59.1 Å². The monoisotopic (exact) mass is 308 g/mol. The van der Waals surface area contributed by atoms with Crippen molar-refractivity contribution < 1.29 is 8.42 Å². The van der Waals surface area contributed by atoms with Gasteiger partial charge >= 0.3 is 0 Å². The smallest absolute Gasteiger partial charge is 0.233 e. The summed E-state index contributed by atoms with van der Waals surface area (Å²) in [7, 11) is -3.28. The highest BCUT2D eigenvalue weighted by Crippen LogP contribution is 2.22. The molecule has 0 bridgehead atoms. The molecule has 106 valence electrons. The molecular weight excluding hydrogens is 292 g/mol. The van der Waals surface area contributed by atoms with Gasteiger partial charge in [-0.15, -0.1) is 11.8 Å². The summed E-state index contributed by atoms with van der Waals surface area (Å²) in [6.45, 7) is 1.59. The highest BCUT2D eigenvalue weighted by Gasteiger charge is 2.08. The Hall–Kier alpha value is -1.53. The summed E-state index contributed by atoms with van der Waals surface area (Å²) in [5.74, 6) is 1.21. The van der Waals surface area contributed by atoms with E-state index in [2.05, 4.69) is 21.8 Å². The summed E-state index contributed by atoms with van der Waals surface area (Å²) in [4.78, 5) is 4.29. The molecule has 4 nitrogen and oxygen atoms in total. The molecule has 0 amide bonds. The average molecular weight is 308 g/mol. The molecule has 0 aliphatic carbocycles. The Morgan fingerprint density at radius 3 is 2.55 bits per heavy atom. The lowest BCUT2D eigenvalue weighted by molar-refractivity contribution is 0.602. The molecule has 2 aromatic rings. The average Bonchev–Trinajstić information content (AvgIpc) is 2.46. The summed E-state index contributed by atoms with van der Waals surface area (Å²) in [5.41, 5.74) is 1.21. The number of aromatic nitrogens is 1. The van der Waals surface area contributed by atoms with E-state index in [1.54, 1.807) is 30.8 Å². The molecule has 6 heteroatoms. The lowest BCUT2D eigenvalue weighted by Gasteiger charge is -2.07. The number of rotatable bonds is 6. The predicted octanol–water partition coefficient (Wildman–Crippen LogP) is 3.14. The molecule has 0 aliphatic rings. The van der Waals surface area contributed by atoms with E-state index in [0.717, 1.165) is 10.8 Å². The van der Waals surface area contributed by atoms with E-state index in [1.807, 2.05) is 24.3 Å². The maximum atomic E-state index is 11.5. The molecule has 0 atom stereocenters. The Morgan fingerprint density at radius 1 is 1.10 bits per heavy atom. The molecule has 0 saturated heterocycles. The van der Waals surface area contributed by atoms with Crippen LogP contribution >= 0.6 is 11.8 Å². The van der Waals surface area contributed by atoms with E-state index in [1.165, 1.54) is 5.56 Å². The summed E-state index contributed by atoms with van der Waals surface area (Å²) >= 11 is 1.58. The van der Waals surface area contributed by atoms with Crippen LogP contribution in [0.25, 0.3) is 0 Å². The summed E-state index contributed by atoms with van der Waals surface area (Å²) in [6, 6.07) is 15.4. The predicted molar refractivity (Wildman–Crippen MR) is 83.3 cm³/mol. The number of anilines is 1. The third-order valence-electron chi connectivity index (χ3n) is 2.59. The van der Waals surface area contributed by atoms with Gasteiger partial charge in [-0.2, -0.15) is 0 Å². The lowest BCUT2D eigenvalue weighted by Crippen LogP contribution is -2.15. The van der Waals surface area contributed by atoms with E-state index in [-0.39, 0.29) is 5.75 Å². The van der Waals surface area contributed by atoms with Crippen molar-refractivity contribution in [2.24, 2.45) is 0 Å². The number of hydrogen-bond donors (Lipinski definition) is 1. The number of pyridine rings is 1. The molecule has 0 unspecified atom stereocenters. The molecule has 0 fully saturated rings. The summed E-state index contributed by atoms with van der Waals surface area (Å²) in [6.07, 6.45) is 0. The highest BCUT2D eigenvalue weighted by molar-refractivity contribution is 7.98. The van der Waals surface area contributed by atoms with Gasteiger partial charge in [-0.25, -0.2) is 13.4 Å². The van der Waals surface area contributed by atoms with E-state index in [4.69, 9.17) is 0 Å². The van der Waals surface area contributed by atoms with Crippen LogP contribution in [-0.4, -0.2) is 19.2 Å². The van der Waals surface area contributed by atoms with Crippen molar-refractivity contribution in [2.45, 2.75) is 17.7 Å². The van der Waals surface area contributed by atoms with Gasteiger partial charge in [0.1, 0.15) is 5.82 Å². The quantitative estimate of drug-likeness (QED) is 0.833. The molecule has 0 aliphatic heterocycles. The first-order chi connectivity index (χ1) is 9.59. The van der Waals surface area contributed by atoms with Crippen molar-refractivity contribution in [3.63, 3.8) is 0 Å². The minimum absolute atomic E-state index is 0.0378. The van der Waals surface area contributed by atoms with Crippen LogP contribution in [0.1, 0.15) is 12.5 Å². The zero-order chi connectivity index (χ0) is 14.4. The van der Waals surface area contributed by atoms with Crippen molar-refractivity contribution >= 4 is 27.6 Å². The van der Waals surface area contributed by atoms with Crippen molar-refractivity contribution in [1.82, 2.24) is 4.98 Å². The molecule has 1 heterocycles. The van der Waals surface area contributed by atoms with E-state index >= 15 is 0 Å². The molecular formula is C14H16N2O2S2. The summed E-state index contributed by atoms with van der Waals surface area (Å²) in [5, 5.41) is 0.796. The molecule has 1 N–H and O–H groups in total. The van der Waals surface area contributed by atoms with Gasteiger partial charge in [0.15, 0.2) is 0 Å². The number of nitrogens with one attached hydrogen (secondary N) is 1. The highest BCUT2D eigenvalue weighted by atomic mass is 32.2. The van der Waals surface area contributed by atoms with E-state index in [0.29, 0.717) is 5.82 Å². The van der Waals surface area contributed by atoms with Gasteiger partial charge in [0.25, 0.3) is 0 Å². The van der Waals surface area contributed by atoms with Gasteiger partial charge in [-0.1, -0.05) is 36.4 Å². The first-order valence-corrected chi connectivity index (χ1v) is 8.87. The molecule has 2 rings (SSSR count). The fourth-order valence-electron chi connectivity index (χ4n) is 1.52. The fraction of sp³-hybridized carbons (Fsp3) is 0.214. The SMILES string of the molecule is CCS(=O)(=O)Nc1cccc(SCc2ccccc2)n1. The standard InChI is InChI=1S/C14H16N2O2S2/c1-2-20(17,18)16-13-9-6-10-14(15-13)19-11-12-7-4-3-5-8-12/h3-10H,2,11H2,1H3,(H,15,16). The zero-order valence-electron chi connectivity index (χ0n) is 11.1. The van der Waals surface area contributed by atoms with Crippen LogP contribution in [0.2, 0.25) is 0 Å². The van der Waals surface area contributed by atoms with Gasteiger partial charge in [0.2, 0.25) is 10.0 Å². The van der Waals surface area contributed by atoms with E-state index < -0.39 is 10.0 Å². The molecule has 0 spiro atoms. The fourth-order valence-corrected chi connectivity index (χ4v) is 2.94. The third-order valence-corrected chi connectivity index (χ3v) is 4.87. The Labute approximate surface area is 123 Å². The molecule has 0 radical (unpaired) electrons. The Bertz CT molecular complexity index is 658. The van der Waals surface area contributed by atoms with Gasteiger partial charge in [0.05, 0.1) is 10.8 Å². The number of benzene rings is 1. The van der Waals surface area contributed by atoms with Gasteiger partial charge < -0.3 is 0 Å². The lowest BCUT2D eigenvalue weighted by atomic mass is 10.2. The number of thioether (sulfide) groups is 1. The van der Waals surface area contributed by atoms with Crippen LogP contribution in [0.3, 0.4) is 0 Å². The second-order valence-corrected chi connectivity index (χ2v) is 7.15. The van der Waals surface area contributed by atoms with Crippen LogP contribution in [0.5, 0.6) is 0 Å². The van der Waals surface area contributed by atoms with Gasteiger partial charge in [0, 0.05) is 5.75 Å². The van der Waals surface area contributed by atoms with Crippen LogP contribution in [0.4, 0.5) is 5.82 Å². The normalized spacial score (nSPS) is 11.2. The van der Waals surface area contributed by atoms with Gasteiger partial charge in [-0.05, 0) is 24.6 Å². The second kappa shape index (κ2) is 6.76. The van der Waals surface area contributed by atoms with Crippen LogP contribution in [0.15, 0.2) is 53.6 Å².